The molecule has 2 aromatic rings. The van der Waals surface area contributed by atoms with Crippen molar-refractivity contribution in [3.8, 4) is 0 Å². The summed E-state index contributed by atoms with van der Waals surface area (Å²) in [6.45, 7) is 10.3. The highest BCUT2D eigenvalue weighted by molar-refractivity contribution is 5.94. The van der Waals surface area contributed by atoms with E-state index < -0.39 is 4.92 Å². The number of nitrogens with zero attached hydrogens (tertiary/aromatic N) is 4. The van der Waals surface area contributed by atoms with Crippen molar-refractivity contribution >= 4 is 11.6 Å². The molecular weight excluding hydrogens is 394 g/mol. The number of aromatic nitrogens is 2. The normalized spacial score (nSPS) is 15.2. The molecular formula is C23H33N5O3. The lowest BCUT2D eigenvalue weighted by Crippen LogP contribution is -2.34. The molecule has 0 spiro atoms. The first kappa shape index (κ1) is 22.9. The lowest BCUT2D eigenvalue weighted by Gasteiger charge is -2.30. The summed E-state index contributed by atoms with van der Waals surface area (Å²) in [5, 5.41) is 18.4. The standard InChI is InChI=1S/C23H33N5O3/c1-17-10-14-26(15-11-17)13-5-4-12-24-23(29)21-8-6-20(7-9-21)16-27-19(3)22(28(30)31)18(2)25-27/h6-9,17H,4-5,10-16H2,1-3H3,(H,24,29). The maximum Gasteiger partial charge on any atom is 0.312 e. The smallest absolute Gasteiger partial charge is 0.312 e. The zero-order valence-corrected chi connectivity index (χ0v) is 18.8. The molecule has 0 unspecified atom stereocenters. The highest BCUT2D eigenvalue weighted by Gasteiger charge is 2.21. The van der Waals surface area contributed by atoms with Crippen LogP contribution in [-0.2, 0) is 6.54 Å². The third-order valence-corrected chi connectivity index (χ3v) is 6.14. The van der Waals surface area contributed by atoms with Crippen molar-refractivity contribution in [3.63, 3.8) is 0 Å². The van der Waals surface area contributed by atoms with E-state index >= 15 is 0 Å². The Bertz CT molecular complexity index is 899. The molecule has 168 valence electrons. The minimum atomic E-state index is -0.394. The summed E-state index contributed by atoms with van der Waals surface area (Å²) >= 11 is 0. The molecule has 3 rings (SSSR count). The van der Waals surface area contributed by atoms with Crippen LogP contribution in [0.2, 0.25) is 0 Å². The average molecular weight is 428 g/mol. The third kappa shape index (κ3) is 6.13. The number of carbonyl (C=O) groups is 1. The molecule has 1 aromatic carbocycles. The summed E-state index contributed by atoms with van der Waals surface area (Å²) in [4.78, 5) is 25.7. The fourth-order valence-corrected chi connectivity index (χ4v) is 4.09. The Hall–Kier alpha value is -2.74. The van der Waals surface area contributed by atoms with Crippen LogP contribution in [0, 0.1) is 29.9 Å². The highest BCUT2D eigenvalue weighted by atomic mass is 16.6. The first-order valence-electron chi connectivity index (χ1n) is 11.1. The van der Waals surface area contributed by atoms with Crippen molar-refractivity contribution in [1.29, 1.82) is 0 Å². The molecule has 0 bridgehead atoms. The van der Waals surface area contributed by atoms with Gasteiger partial charge >= 0.3 is 5.69 Å². The predicted molar refractivity (Wildman–Crippen MR) is 120 cm³/mol. The highest BCUT2D eigenvalue weighted by Crippen LogP contribution is 2.22. The Kier molecular flexibility index (Phi) is 7.79. The number of amides is 1. The monoisotopic (exact) mass is 427 g/mol. The van der Waals surface area contributed by atoms with Gasteiger partial charge in [0.1, 0.15) is 11.4 Å². The van der Waals surface area contributed by atoms with Gasteiger partial charge in [0.2, 0.25) is 0 Å². The number of nitrogens with one attached hydrogen (secondary N) is 1. The summed E-state index contributed by atoms with van der Waals surface area (Å²) in [6.07, 6.45) is 4.67. The molecule has 0 atom stereocenters. The van der Waals surface area contributed by atoms with Crippen LogP contribution in [0.25, 0.3) is 0 Å². The van der Waals surface area contributed by atoms with Crippen LogP contribution in [0.5, 0.6) is 0 Å². The van der Waals surface area contributed by atoms with E-state index in [4.69, 9.17) is 0 Å². The number of rotatable bonds is 9. The van der Waals surface area contributed by atoms with Gasteiger partial charge in [-0.05, 0) is 82.8 Å². The number of aryl methyl sites for hydroxylation is 1. The van der Waals surface area contributed by atoms with Crippen LogP contribution in [0.4, 0.5) is 5.69 Å². The van der Waals surface area contributed by atoms with Crippen LogP contribution in [-0.4, -0.2) is 51.7 Å². The van der Waals surface area contributed by atoms with Gasteiger partial charge in [-0.3, -0.25) is 19.6 Å². The van der Waals surface area contributed by atoms with Gasteiger partial charge in [-0.2, -0.15) is 5.10 Å². The molecule has 1 aliphatic rings. The summed E-state index contributed by atoms with van der Waals surface area (Å²) in [5.74, 6) is 0.785. The molecule has 8 nitrogen and oxygen atoms in total. The van der Waals surface area contributed by atoms with E-state index in [0.717, 1.165) is 30.9 Å². The Morgan fingerprint density at radius 1 is 1.19 bits per heavy atom. The number of likely N-dealkylation sites (tertiary alicyclic amines) is 1. The van der Waals surface area contributed by atoms with E-state index in [2.05, 4.69) is 22.2 Å². The van der Waals surface area contributed by atoms with Gasteiger partial charge in [0.25, 0.3) is 5.91 Å². The number of benzene rings is 1. The van der Waals surface area contributed by atoms with Crippen molar-refractivity contribution in [2.45, 2.75) is 53.0 Å². The fourth-order valence-electron chi connectivity index (χ4n) is 4.09. The SMILES string of the molecule is Cc1nn(Cc2ccc(C(=O)NCCCCN3CCC(C)CC3)cc2)c(C)c1[N+](=O)[O-]. The number of hydrogen-bond acceptors (Lipinski definition) is 5. The number of carbonyl (C=O) groups excluding carboxylic acids is 1. The van der Waals surface area contributed by atoms with Gasteiger partial charge in [-0.1, -0.05) is 19.1 Å². The third-order valence-electron chi connectivity index (χ3n) is 6.14. The molecule has 1 N–H and O–H groups in total. The van der Waals surface area contributed by atoms with Crippen LogP contribution in [0.3, 0.4) is 0 Å². The first-order chi connectivity index (χ1) is 14.8. The molecule has 1 saturated heterocycles. The summed E-state index contributed by atoms with van der Waals surface area (Å²) in [6, 6.07) is 7.32. The van der Waals surface area contributed by atoms with E-state index in [9.17, 15) is 14.9 Å². The second-order valence-electron chi connectivity index (χ2n) is 8.62. The zero-order chi connectivity index (χ0) is 22.4. The van der Waals surface area contributed by atoms with Crippen LogP contribution in [0.1, 0.15) is 59.9 Å². The van der Waals surface area contributed by atoms with Crippen molar-refractivity contribution in [2.24, 2.45) is 5.92 Å². The minimum absolute atomic E-state index is 0.0610. The Labute approximate surface area is 183 Å². The number of unbranched alkanes of at least 4 members (excludes halogenated alkanes) is 1. The molecule has 2 heterocycles. The average Bonchev–Trinajstić information content (AvgIpc) is 3.02. The van der Waals surface area contributed by atoms with Crippen molar-refractivity contribution < 1.29 is 9.72 Å². The van der Waals surface area contributed by atoms with E-state index in [1.54, 1.807) is 30.7 Å². The van der Waals surface area contributed by atoms with Crippen LogP contribution in [0.15, 0.2) is 24.3 Å². The van der Waals surface area contributed by atoms with E-state index in [-0.39, 0.29) is 11.6 Å². The molecule has 1 fully saturated rings. The molecule has 0 saturated carbocycles. The van der Waals surface area contributed by atoms with Gasteiger partial charge in [-0.15, -0.1) is 0 Å². The molecule has 1 aromatic heterocycles. The van der Waals surface area contributed by atoms with Gasteiger partial charge < -0.3 is 10.2 Å². The van der Waals surface area contributed by atoms with Crippen molar-refractivity contribution in [3.05, 3.63) is 56.9 Å². The summed E-state index contributed by atoms with van der Waals surface area (Å²) in [5.41, 5.74) is 2.56. The fraction of sp³-hybridized carbons (Fsp3) is 0.565. The van der Waals surface area contributed by atoms with Gasteiger partial charge in [0.05, 0.1) is 11.5 Å². The number of hydrogen-bond donors (Lipinski definition) is 1. The Balaban J connectivity index is 1.43. The van der Waals surface area contributed by atoms with Crippen molar-refractivity contribution in [1.82, 2.24) is 20.0 Å². The van der Waals surface area contributed by atoms with Crippen molar-refractivity contribution in [2.75, 3.05) is 26.2 Å². The predicted octanol–water partition coefficient (Wildman–Crippen LogP) is 3.70. The quantitative estimate of drug-likeness (QED) is 0.374. The molecule has 8 heteroatoms. The van der Waals surface area contributed by atoms with E-state index in [1.165, 1.54) is 25.9 Å². The molecule has 31 heavy (non-hydrogen) atoms. The second kappa shape index (κ2) is 10.5. The second-order valence-corrected chi connectivity index (χ2v) is 8.62. The number of nitro groups is 1. The summed E-state index contributed by atoms with van der Waals surface area (Å²) in [7, 11) is 0. The lowest BCUT2D eigenvalue weighted by molar-refractivity contribution is -0.386. The Morgan fingerprint density at radius 3 is 2.48 bits per heavy atom. The topological polar surface area (TPSA) is 93.3 Å². The number of piperidine rings is 1. The van der Waals surface area contributed by atoms with E-state index in [0.29, 0.717) is 30.0 Å². The first-order valence-corrected chi connectivity index (χ1v) is 11.1. The summed E-state index contributed by atoms with van der Waals surface area (Å²) < 4.78 is 1.63. The lowest BCUT2D eigenvalue weighted by atomic mass is 9.99. The van der Waals surface area contributed by atoms with Gasteiger partial charge in [-0.25, -0.2) is 0 Å². The maximum absolute atomic E-state index is 12.4. The van der Waals surface area contributed by atoms with Gasteiger partial charge in [0.15, 0.2) is 0 Å². The van der Waals surface area contributed by atoms with Crippen LogP contribution < -0.4 is 5.32 Å². The molecule has 0 aliphatic carbocycles. The van der Waals surface area contributed by atoms with Crippen LogP contribution >= 0.6 is 0 Å². The molecule has 1 aliphatic heterocycles. The molecule has 0 radical (unpaired) electrons. The van der Waals surface area contributed by atoms with E-state index in [1.807, 2.05) is 12.1 Å². The minimum Gasteiger partial charge on any atom is -0.352 e. The zero-order valence-electron chi connectivity index (χ0n) is 18.8. The van der Waals surface area contributed by atoms with Gasteiger partial charge in [0, 0.05) is 12.1 Å². The molecule has 1 amide bonds. The maximum atomic E-state index is 12.4. The Morgan fingerprint density at radius 2 is 1.87 bits per heavy atom. The largest absolute Gasteiger partial charge is 0.352 e.